The summed E-state index contributed by atoms with van der Waals surface area (Å²) >= 11 is 0. The van der Waals surface area contributed by atoms with Gasteiger partial charge in [0.05, 0.1) is 6.26 Å². The lowest BCUT2D eigenvalue weighted by Gasteiger charge is -2.21. The molecule has 0 saturated heterocycles. The molecule has 3 heteroatoms. The summed E-state index contributed by atoms with van der Waals surface area (Å²) in [5, 5.41) is 3.37. The van der Waals surface area contributed by atoms with Crippen LogP contribution in [0.25, 0.3) is 0 Å². The molecule has 1 heterocycles. The summed E-state index contributed by atoms with van der Waals surface area (Å²) in [7, 11) is 0. The van der Waals surface area contributed by atoms with Gasteiger partial charge in [-0.1, -0.05) is 13.8 Å². The molecule has 0 aliphatic heterocycles. The Labute approximate surface area is 108 Å². The number of ketones is 1. The molecule has 2 rings (SSSR count). The molecule has 1 aliphatic rings. The second-order valence-electron chi connectivity index (χ2n) is 5.37. The molecule has 0 unspecified atom stereocenters. The van der Waals surface area contributed by atoms with Gasteiger partial charge in [-0.2, -0.15) is 0 Å². The topological polar surface area (TPSA) is 42.2 Å². The minimum Gasteiger partial charge on any atom is -0.469 e. The maximum atomic E-state index is 11.7. The number of hydrogen-bond acceptors (Lipinski definition) is 3. The molecule has 0 aromatic carbocycles. The van der Waals surface area contributed by atoms with Crippen molar-refractivity contribution >= 4 is 5.78 Å². The van der Waals surface area contributed by atoms with Crippen LogP contribution in [-0.2, 0) is 4.79 Å². The molecule has 0 bridgehead atoms. The van der Waals surface area contributed by atoms with Crippen molar-refractivity contribution in [3.63, 3.8) is 0 Å². The van der Waals surface area contributed by atoms with Crippen molar-refractivity contribution in [2.45, 2.75) is 39.0 Å². The fourth-order valence-corrected chi connectivity index (χ4v) is 2.26. The van der Waals surface area contributed by atoms with Gasteiger partial charge in [-0.25, -0.2) is 0 Å². The Morgan fingerprint density at radius 3 is 2.94 bits per heavy atom. The third-order valence-electron chi connectivity index (χ3n) is 3.27. The van der Waals surface area contributed by atoms with E-state index in [0.29, 0.717) is 12.3 Å². The first-order valence-corrected chi connectivity index (χ1v) is 6.66. The quantitative estimate of drug-likeness (QED) is 0.868. The van der Waals surface area contributed by atoms with Gasteiger partial charge in [0, 0.05) is 30.7 Å². The summed E-state index contributed by atoms with van der Waals surface area (Å²) in [6, 6.07) is 3.83. The van der Waals surface area contributed by atoms with Gasteiger partial charge in [0.2, 0.25) is 0 Å². The Morgan fingerprint density at radius 2 is 2.28 bits per heavy atom. The lowest BCUT2D eigenvalue weighted by molar-refractivity contribution is -0.115. The number of allylic oxidation sites excluding steroid dienone is 2. The Bertz CT molecular complexity index is 418. The Hall–Kier alpha value is -1.51. The lowest BCUT2D eigenvalue weighted by Crippen LogP contribution is -2.23. The summed E-state index contributed by atoms with van der Waals surface area (Å²) in [6.45, 7) is 5.34. The molecule has 1 atom stereocenters. The van der Waals surface area contributed by atoms with E-state index in [9.17, 15) is 4.79 Å². The van der Waals surface area contributed by atoms with Crippen LogP contribution < -0.4 is 5.32 Å². The Kier molecular flexibility index (Phi) is 4.24. The van der Waals surface area contributed by atoms with Crippen molar-refractivity contribution in [2.75, 3.05) is 6.54 Å². The van der Waals surface area contributed by atoms with Crippen LogP contribution in [0.15, 0.2) is 34.6 Å². The molecule has 3 nitrogen and oxygen atoms in total. The summed E-state index contributed by atoms with van der Waals surface area (Å²) < 4.78 is 5.41. The van der Waals surface area contributed by atoms with Gasteiger partial charge in [0.1, 0.15) is 5.76 Å². The van der Waals surface area contributed by atoms with Gasteiger partial charge in [0.25, 0.3) is 0 Å². The standard InChI is InChI=1S/C15H21NO2/c1-11(2)5-6-16-13-8-12(9-14(17)10-13)15-4-3-7-18-15/h3-4,7,10-12,16H,5-6,8-9H2,1-2H3/t12-/m0/s1. The minimum atomic E-state index is 0.190. The SMILES string of the molecule is CC(C)CCNC1=CC(=O)C[C@@H](c2ccco2)C1. The first-order valence-electron chi connectivity index (χ1n) is 6.66. The molecule has 18 heavy (non-hydrogen) atoms. The predicted molar refractivity (Wildman–Crippen MR) is 71.2 cm³/mol. The number of furan rings is 1. The van der Waals surface area contributed by atoms with E-state index >= 15 is 0 Å². The maximum Gasteiger partial charge on any atom is 0.158 e. The smallest absolute Gasteiger partial charge is 0.158 e. The van der Waals surface area contributed by atoms with Gasteiger partial charge in [-0.15, -0.1) is 0 Å². The van der Waals surface area contributed by atoms with Gasteiger partial charge < -0.3 is 9.73 Å². The fourth-order valence-electron chi connectivity index (χ4n) is 2.26. The monoisotopic (exact) mass is 247 g/mol. The highest BCUT2D eigenvalue weighted by molar-refractivity contribution is 5.91. The third kappa shape index (κ3) is 3.49. The second kappa shape index (κ2) is 5.89. The molecule has 0 saturated carbocycles. The molecule has 0 spiro atoms. The summed E-state index contributed by atoms with van der Waals surface area (Å²) in [5.41, 5.74) is 1.05. The van der Waals surface area contributed by atoms with Crippen LogP contribution in [0.1, 0.15) is 44.8 Å². The van der Waals surface area contributed by atoms with E-state index in [1.54, 1.807) is 12.3 Å². The van der Waals surface area contributed by atoms with Gasteiger partial charge >= 0.3 is 0 Å². The summed E-state index contributed by atoms with van der Waals surface area (Å²) in [5.74, 6) is 1.98. The summed E-state index contributed by atoms with van der Waals surface area (Å²) in [4.78, 5) is 11.7. The Balaban J connectivity index is 1.93. The molecule has 98 valence electrons. The summed E-state index contributed by atoms with van der Waals surface area (Å²) in [6.07, 6.45) is 5.97. The van der Waals surface area contributed by atoms with Gasteiger partial charge in [-0.05, 0) is 30.9 Å². The molecular weight excluding hydrogens is 226 g/mol. The highest BCUT2D eigenvalue weighted by atomic mass is 16.3. The molecular formula is C15H21NO2. The fraction of sp³-hybridized carbons (Fsp3) is 0.533. The number of hydrogen-bond donors (Lipinski definition) is 1. The number of carbonyl (C=O) groups excluding carboxylic acids is 1. The van der Waals surface area contributed by atoms with Crippen LogP contribution in [0.3, 0.4) is 0 Å². The van der Waals surface area contributed by atoms with Crippen molar-refractivity contribution in [1.82, 2.24) is 5.32 Å². The Morgan fingerprint density at radius 1 is 1.44 bits per heavy atom. The van der Waals surface area contributed by atoms with E-state index in [4.69, 9.17) is 4.42 Å². The van der Waals surface area contributed by atoms with Crippen molar-refractivity contribution in [1.29, 1.82) is 0 Å². The first-order chi connectivity index (χ1) is 8.65. The van der Waals surface area contributed by atoms with E-state index in [2.05, 4.69) is 19.2 Å². The van der Waals surface area contributed by atoms with Crippen molar-refractivity contribution in [3.05, 3.63) is 35.9 Å². The van der Waals surface area contributed by atoms with Crippen LogP contribution in [0.4, 0.5) is 0 Å². The number of nitrogens with one attached hydrogen (secondary N) is 1. The highest BCUT2D eigenvalue weighted by Gasteiger charge is 2.23. The van der Waals surface area contributed by atoms with Gasteiger partial charge in [0.15, 0.2) is 5.78 Å². The van der Waals surface area contributed by atoms with Crippen LogP contribution in [0.2, 0.25) is 0 Å². The molecule has 1 aliphatic carbocycles. The zero-order chi connectivity index (χ0) is 13.0. The number of carbonyl (C=O) groups is 1. The van der Waals surface area contributed by atoms with E-state index in [1.807, 2.05) is 12.1 Å². The molecule has 1 N–H and O–H groups in total. The minimum absolute atomic E-state index is 0.190. The second-order valence-corrected chi connectivity index (χ2v) is 5.37. The molecule has 0 amide bonds. The number of rotatable bonds is 5. The van der Waals surface area contributed by atoms with Crippen molar-refractivity contribution < 1.29 is 9.21 Å². The van der Waals surface area contributed by atoms with Gasteiger partial charge in [-0.3, -0.25) is 4.79 Å². The molecule has 0 radical (unpaired) electrons. The molecule has 0 fully saturated rings. The predicted octanol–water partition coefficient (Wildman–Crippen LogP) is 3.25. The largest absolute Gasteiger partial charge is 0.469 e. The highest BCUT2D eigenvalue weighted by Crippen LogP contribution is 2.30. The van der Waals surface area contributed by atoms with Crippen molar-refractivity contribution in [3.8, 4) is 0 Å². The average molecular weight is 247 g/mol. The van der Waals surface area contributed by atoms with Crippen molar-refractivity contribution in [2.24, 2.45) is 5.92 Å². The lowest BCUT2D eigenvalue weighted by atomic mass is 9.89. The van der Waals surface area contributed by atoms with Crippen LogP contribution in [0.5, 0.6) is 0 Å². The van der Waals surface area contributed by atoms with E-state index < -0.39 is 0 Å². The molecule has 1 aromatic heterocycles. The van der Waals surface area contributed by atoms with Crippen LogP contribution >= 0.6 is 0 Å². The van der Waals surface area contributed by atoms with Crippen LogP contribution in [-0.4, -0.2) is 12.3 Å². The van der Waals surface area contributed by atoms with E-state index in [0.717, 1.165) is 30.8 Å². The average Bonchev–Trinajstić information content (AvgIpc) is 2.81. The van der Waals surface area contributed by atoms with E-state index in [1.165, 1.54) is 0 Å². The zero-order valence-corrected chi connectivity index (χ0v) is 11.1. The zero-order valence-electron chi connectivity index (χ0n) is 11.1. The third-order valence-corrected chi connectivity index (χ3v) is 3.27. The normalized spacial score (nSPS) is 20.1. The van der Waals surface area contributed by atoms with Crippen LogP contribution in [0, 0.1) is 5.92 Å². The molecule has 1 aromatic rings. The van der Waals surface area contributed by atoms with E-state index in [-0.39, 0.29) is 11.7 Å². The maximum absolute atomic E-state index is 11.7. The first kappa shape index (κ1) is 12.9.